The van der Waals surface area contributed by atoms with Crippen LogP contribution in [0.5, 0.6) is 0 Å². The van der Waals surface area contributed by atoms with Crippen LogP contribution in [-0.4, -0.2) is 12.6 Å². The molecule has 56 valence electrons. The Morgan fingerprint density at radius 3 is 2.33 bits per heavy atom. The second kappa shape index (κ2) is 4.13. The molecule has 0 saturated carbocycles. The molecular formula is C7H16ClN. The lowest BCUT2D eigenvalue weighted by Gasteiger charge is -2.12. The molecule has 0 aromatic rings. The molecule has 0 aromatic carbocycles. The Balaban J connectivity index is 0.000000640. The zero-order valence-electron chi connectivity index (χ0n) is 6.18. The van der Waals surface area contributed by atoms with Gasteiger partial charge in [0.05, 0.1) is 0 Å². The topological polar surface area (TPSA) is 12.0 Å². The van der Waals surface area contributed by atoms with Crippen molar-refractivity contribution in [1.82, 2.24) is 5.32 Å². The molecule has 2 heteroatoms. The first-order valence-corrected chi connectivity index (χ1v) is 3.54. The Morgan fingerprint density at radius 1 is 1.44 bits per heavy atom. The molecule has 1 nitrogen and oxygen atoms in total. The molecule has 1 atom stereocenters. The molecule has 0 spiro atoms. The van der Waals surface area contributed by atoms with Gasteiger partial charge >= 0.3 is 0 Å². The highest BCUT2D eigenvalue weighted by Crippen LogP contribution is 2.12. The first kappa shape index (κ1) is 9.25. The van der Waals surface area contributed by atoms with E-state index in [0.717, 1.165) is 12.0 Å². The van der Waals surface area contributed by atoms with Gasteiger partial charge in [-0.3, -0.25) is 0 Å². The van der Waals surface area contributed by atoms with E-state index in [1.54, 1.807) is 0 Å². The van der Waals surface area contributed by atoms with E-state index < -0.39 is 0 Å². The summed E-state index contributed by atoms with van der Waals surface area (Å²) in [5.74, 6) is 0.831. The van der Waals surface area contributed by atoms with E-state index in [-0.39, 0.29) is 12.4 Å². The highest BCUT2D eigenvalue weighted by Gasteiger charge is 2.16. The molecule has 0 aliphatic carbocycles. The van der Waals surface area contributed by atoms with Gasteiger partial charge in [0.25, 0.3) is 0 Å². The maximum absolute atomic E-state index is 3.46. The summed E-state index contributed by atoms with van der Waals surface area (Å²) < 4.78 is 0. The summed E-state index contributed by atoms with van der Waals surface area (Å²) in [5, 5.41) is 3.46. The molecule has 0 amide bonds. The summed E-state index contributed by atoms with van der Waals surface area (Å²) in [7, 11) is 0. The van der Waals surface area contributed by atoms with Crippen LogP contribution in [0, 0.1) is 5.92 Å². The Kier molecular flexibility index (Phi) is 4.24. The number of halogens is 1. The Bertz CT molecular complexity index is 67.3. The van der Waals surface area contributed by atoms with Gasteiger partial charge < -0.3 is 5.32 Å². The summed E-state index contributed by atoms with van der Waals surface area (Å²) in [4.78, 5) is 0. The van der Waals surface area contributed by atoms with E-state index >= 15 is 0 Å². The average Bonchev–Trinajstić information content (AvgIpc) is 2.12. The molecule has 1 heterocycles. The Labute approximate surface area is 63.6 Å². The van der Waals surface area contributed by atoms with Crippen LogP contribution >= 0.6 is 12.4 Å². The van der Waals surface area contributed by atoms with E-state index in [9.17, 15) is 0 Å². The molecule has 1 saturated heterocycles. The summed E-state index contributed by atoms with van der Waals surface area (Å²) in [6, 6.07) is 0.815. The fourth-order valence-corrected chi connectivity index (χ4v) is 1.28. The highest BCUT2D eigenvalue weighted by atomic mass is 35.5. The molecule has 1 aliphatic rings. The van der Waals surface area contributed by atoms with Crippen molar-refractivity contribution in [3.8, 4) is 0 Å². The van der Waals surface area contributed by atoms with Gasteiger partial charge in [-0.15, -0.1) is 12.4 Å². The predicted octanol–water partition coefficient (Wildman–Crippen LogP) is 1.82. The van der Waals surface area contributed by atoms with Crippen LogP contribution in [-0.2, 0) is 0 Å². The second-order valence-electron chi connectivity index (χ2n) is 2.95. The summed E-state index contributed by atoms with van der Waals surface area (Å²) in [5.41, 5.74) is 0. The maximum Gasteiger partial charge on any atom is 0.00905 e. The molecule has 0 aromatic heterocycles. The number of hydrogen-bond donors (Lipinski definition) is 1. The maximum atomic E-state index is 3.46. The monoisotopic (exact) mass is 149 g/mol. The third-order valence-corrected chi connectivity index (χ3v) is 1.90. The fraction of sp³-hybridized carbons (Fsp3) is 1.00. The highest BCUT2D eigenvalue weighted by molar-refractivity contribution is 5.85. The number of hydrogen-bond acceptors (Lipinski definition) is 1. The average molecular weight is 150 g/mol. The molecule has 1 rings (SSSR count). The van der Waals surface area contributed by atoms with E-state index in [0.29, 0.717) is 0 Å². The lowest BCUT2D eigenvalue weighted by atomic mass is 10.0. The van der Waals surface area contributed by atoms with Crippen molar-refractivity contribution in [3.63, 3.8) is 0 Å². The van der Waals surface area contributed by atoms with E-state index in [1.807, 2.05) is 0 Å². The van der Waals surface area contributed by atoms with Gasteiger partial charge in [0.15, 0.2) is 0 Å². The molecule has 1 aliphatic heterocycles. The molecule has 1 N–H and O–H groups in total. The first-order valence-electron chi connectivity index (χ1n) is 3.54. The smallest absolute Gasteiger partial charge is 0.00905 e. The van der Waals surface area contributed by atoms with Gasteiger partial charge in [-0.2, -0.15) is 0 Å². The van der Waals surface area contributed by atoms with Crippen LogP contribution in [0.1, 0.15) is 26.7 Å². The minimum atomic E-state index is 0. The van der Waals surface area contributed by atoms with E-state index in [1.165, 1.54) is 19.4 Å². The fourth-order valence-electron chi connectivity index (χ4n) is 1.28. The van der Waals surface area contributed by atoms with Crippen molar-refractivity contribution in [2.24, 2.45) is 5.92 Å². The van der Waals surface area contributed by atoms with Crippen molar-refractivity contribution < 1.29 is 0 Å². The van der Waals surface area contributed by atoms with Crippen LogP contribution in [0.25, 0.3) is 0 Å². The molecular weight excluding hydrogens is 134 g/mol. The number of nitrogens with one attached hydrogen (secondary N) is 1. The van der Waals surface area contributed by atoms with Gasteiger partial charge in [0.2, 0.25) is 0 Å². The Hall–Kier alpha value is 0.250. The summed E-state index contributed by atoms with van der Waals surface area (Å²) in [6.45, 7) is 5.80. The minimum absolute atomic E-state index is 0. The molecule has 0 radical (unpaired) electrons. The molecule has 1 fully saturated rings. The lowest BCUT2D eigenvalue weighted by Crippen LogP contribution is -2.26. The van der Waals surface area contributed by atoms with Crippen molar-refractivity contribution in [3.05, 3.63) is 0 Å². The minimum Gasteiger partial charge on any atom is -0.314 e. The Morgan fingerprint density at radius 2 is 2.11 bits per heavy atom. The standard InChI is InChI=1S/C7H15N.ClH/c1-6(2)7-4-3-5-8-7;/h6-8H,3-5H2,1-2H3;1H/t7-;/m1./s1. The molecule has 9 heavy (non-hydrogen) atoms. The van der Waals surface area contributed by atoms with Crippen molar-refractivity contribution >= 4 is 12.4 Å². The molecule has 0 bridgehead atoms. The van der Waals surface area contributed by atoms with E-state index in [4.69, 9.17) is 0 Å². The van der Waals surface area contributed by atoms with Crippen LogP contribution in [0.4, 0.5) is 0 Å². The van der Waals surface area contributed by atoms with Crippen LogP contribution in [0.2, 0.25) is 0 Å². The zero-order valence-corrected chi connectivity index (χ0v) is 7.00. The second-order valence-corrected chi connectivity index (χ2v) is 2.95. The SMILES string of the molecule is CC(C)[C@H]1CCCN1.Cl. The van der Waals surface area contributed by atoms with Crippen LogP contribution in [0.15, 0.2) is 0 Å². The quantitative estimate of drug-likeness (QED) is 0.600. The lowest BCUT2D eigenvalue weighted by molar-refractivity contribution is 0.452. The third kappa shape index (κ3) is 2.55. The third-order valence-electron chi connectivity index (χ3n) is 1.90. The first-order chi connectivity index (χ1) is 3.80. The van der Waals surface area contributed by atoms with Crippen LogP contribution < -0.4 is 5.32 Å². The zero-order chi connectivity index (χ0) is 5.98. The normalized spacial score (nSPS) is 26.3. The van der Waals surface area contributed by atoms with Crippen molar-refractivity contribution in [1.29, 1.82) is 0 Å². The van der Waals surface area contributed by atoms with E-state index in [2.05, 4.69) is 19.2 Å². The van der Waals surface area contributed by atoms with Gasteiger partial charge in [-0.25, -0.2) is 0 Å². The van der Waals surface area contributed by atoms with Crippen LogP contribution in [0.3, 0.4) is 0 Å². The molecule has 0 unspecified atom stereocenters. The van der Waals surface area contributed by atoms with Gasteiger partial charge in [0, 0.05) is 6.04 Å². The largest absolute Gasteiger partial charge is 0.314 e. The summed E-state index contributed by atoms with van der Waals surface area (Å²) >= 11 is 0. The van der Waals surface area contributed by atoms with Crippen molar-refractivity contribution in [2.45, 2.75) is 32.7 Å². The van der Waals surface area contributed by atoms with Gasteiger partial charge in [-0.05, 0) is 25.3 Å². The van der Waals surface area contributed by atoms with Gasteiger partial charge in [0.1, 0.15) is 0 Å². The summed E-state index contributed by atoms with van der Waals surface area (Å²) in [6.07, 6.45) is 2.76. The number of rotatable bonds is 1. The van der Waals surface area contributed by atoms with Gasteiger partial charge in [-0.1, -0.05) is 13.8 Å². The van der Waals surface area contributed by atoms with Crippen molar-refractivity contribution in [2.75, 3.05) is 6.54 Å². The predicted molar refractivity (Wildman–Crippen MR) is 43.1 cm³/mol.